The first-order chi connectivity index (χ1) is 10.2. The van der Waals surface area contributed by atoms with Crippen molar-refractivity contribution in [1.82, 2.24) is 10.2 Å². The number of hydrogen-bond acceptors (Lipinski definition) is 2. The minimum absolute atomic E-state index is 0.0653. The summed E-state index contributed by atoms with van der Waals surface area (Å²) in [6.07, 6.45) is 7.91. The van der Waals surface area contributed by atoms with Gasteiger partial charge in [-0.25, -0.2) is 4.39 Å². The average Bonchev–Trinajstić information content (AvgIpc) is 3.16. The second-order valence-electron chi connectivity index (χ2n) is 5.83. The van der Waals surface area contributed by atoms with E-state index in [1.54, 1.807) is 24.3 Å². The Labute approximate surface area is 124 Å². The minimum atomic E-state index is -0.259. The molecule has 4 heteroatoms. The fraction of sp³-hybridized carbons (Fsp3) is 0.471. The molecule has 1 aromatic rings. The van der Waals surface area contributed by atoms with Gasteiger partial charge in [-0.05, 0) is 56.0 Å². The molecule has 0 saturated carbocycles. The first-order valence-corrected chi connectivity index (χ1v) is 7.72. The van der Waals surface area contributed by atoms with E-state index in [-0.39, 0.29) is 11.7 Å². The Hall–Kier alpha value is -1.68. The summed E-state index contributed by atoms with van der Waals surface area (Å²) in [7, 11) is 0. The number of rotatable bonds is 3. The van der Waals surface area contributed by atoms with Crippen LogP contribution in [0.2, 0.25) is 0 Å². The normalized spacial score (nSPS) is 25.9. The van der Waals surface area contributed by atoms with Crippen LogP contribution in [0.1, 0.15) is 31.2 Å². The molecule has 0 radical (unpaired) electrons. The highest BCUT2D eigenvalue weighted by molar-refractivity contribution is 5.92. The number of likely N-dealkylation sites (tertiary alicyclic amines) is 1. The lowest BCUT2D eigenvalue weighted by molar-refractivity contribution is -0.127. The molecule has 112 valence electrons. The zero-order valence-electron chi connectivity index (χ0n) is 12.1. The maximum atomic E-state index is 12.8. The van der Waals surface area contributed by atoms with Crippen LogP contribution < -0.4 is 5.32 Å². The quantitative estimate of drug-likeness (QED) is 0.867. The monoisotopic (exact) mass is 288 g/mol. The number of nitrogens with one attached hydrogen (secondary N) is 1. The molecule has 3 nitrogen and oxygen atoms in total. The van der Waals surface area contributed by atoms with E-state index in [2.05, 4.69) is 5.32 Å². The lowest BCUT2D eigenvalue weighted by Gasteiger charge is -2.28. The van der Waals surface area contributed by atoms with E-state index in [9.17, 15) is 9.18 Å². The third-order valence-corrected chi connectivity index (χ3v) is 4.43. The Morgan fingerprint density at radius 3 is 2.76 bits per heavy atom. The van der Waals surface area contributed by atoms with Crippen LogP contribution in [-0.2, 0) is 4.79 Å². The van der Waals surface area contributed by atoms with Crippen LogP contribution in [0.5, 0.6) is 0 Å². The molecule has 2 unspecified atom stereocenters. The molecule has 0 aliphatic carbocycles. The van der Waals surface area contributed by atoms with Crippen LogP contribution in [0.25, 0.3) is 6.08 Å². The van der Waals surface area contributed by atoms with Crippen LogP contribution in [0, 0.1) is 5.82 Å². The topological polar surface area (TPSA) is 32.3 Å². The third-order valence-electron chi connectivity index (χ3n) is 4.43. The molecule has 21 heavy (non-hydrogen) atoms. The fourth-order valence-corrected chi connectivity index (χ4v) is 3.36. The van der Waals surface area contributed by atoms with Crippen LogP contribution in [0.15, 0.2) is 30.3 Å². The van der Waals surface area contributed by atoms with Gasteiger partial charge in [0.15, 0.2) is 0 Å². The van der Waals surface area contributed by atoms with E-state index < -0.39 is 0 Å². The maximum Gasteiger partial charge on any atom is 0.246 e. The summed E-state index contributed by atoms with van der Waals surface area (Å²) in [4.78, 5) is 14.4. The lowest BCUT2D eigenvalue weighted by Crippen LogP contribution is -2.46. The molecular formula is C17H21FN2O. The number of amides is 1. The predicted octanol–water partition coefficient (Wildman–Crippen LogP) is 2.58. The first kappa shape index (κ1) is 14.3. The lowest BCUT2D eigenvalue weighted by atomic mass is 10.0. The smallest absolute Gasteiger partial charge is 0.246 e. The molecule has 0 spiro atoms. The van der Waals surface area contributed by atoms with Gasteiger partial charge in [-0.1, -0.05) is 12.1 Å². The van der Waals surface area contributed by atoms with Crippen LogP contribution in [-0.4, -0.2) is 36.0 Å². The van der Waals surface area contributed by atoms with Crippen molar-refractivity contribution in [2.75, 3.05) is 13.1 Å². The largest absolute Gasteiger partial charge is 0.335 e. The minimum Gasteiger partial charge on any atom is -0.335 e. The van der Waals surface area contributed by atoms with Gasteiger partial charge < -0.3 is 10.2 Å². The summed E-state index contributed by atoms with van der Waals surface area (Å²) in [6, 6.07) is 6.96. The summed E-state index contributed by atoms with van der Waals surface area (Å²) in [5.41, 5.74) is 0.847. The van der Waals surface area contributed by atoms with E-state index in [1.165, 1.54) is 18.6 Å². The molecule has 1 aromatic carbocycles. The van der Waals surface area contributed by atoms with Crippen LogP contribution in [0.3, 0.4) is 0 Å². The molecule has 0 aromatic heterocycles. The van der Waals surface area contributed by atoms with Crippen molar-refractivity contribution in [2.45, 2.75) is 37.8 Å². The van der Waals surface area contributed by atoms with Crippen molar-refractivity contribution in [3.8, 4) is 0 Å². The van der Waals surface area contributed by atoms with Crippen LogP contribution >= 0.6 is 0 Å². The summed E-state index contributed by atoms with van der Waals surface area (Å²) in [5, 5.41) is 3.50. The van der Waals surface area contributed by atoms with Gasteiger partial charge in [-0.15, -0.1) is 0 Å². The number of carbonyl (C=O) groups excluding carboxylic acids is 1. The standard InChI is InChI=1S/C17H21FN2O/c18-14-8-5-13(6-9-14)7-10-17(21)20-12-2-4-16(20)15-3-1-11-19-15/h5-10,15-16,19H,1-4,11-12H2. The summed E-state index contributed by atoms with van der Waals surface area (Å²) < 4.78 is 12.8. The molecule has 1 N–H and O–H groups in total. The number of hydrogen-bond donors (Lipinski definition) is 1. The Kier molecular flexibility index (Phi) is 4.34. The van der Waals surface area contributed by atoms with Gasteiger partial charge in [0, 0.05) is 24.7 Å². The van der Waals surface area contributed by atoms with Gasteiger partial charge in [-0.2, -0.15) is 0 Å². The van der Waals surface area contributed by atoms with Crippen molar-refractivity contribution in [3.05, 3.63) is 41.7 Å². The highest BCUT2D eigenvalue weighted by Gasteiger charge is 2.34. The summed E-state index contributed by atoms with van der Waals surface area (Å²) in [5.74, 6) is -0.194. The molecule has 0 bridgehead atoms. The van der Waals surface area contributed by atoms with Gasteiger partial charge in [0.05, 0.1) is 0 Å². The molecule has 2 heterocycles. The third kappa shape index (κ3) is 3.32. The highest BCUT2D eigenvalue weighted by atomic mass is 19.1. The molecule has 2 aliphatic heterocycles. The first-order valence-electron chi connectivity index (χ1n) is 7.72. The van der Waals surface area contributed by atoms with Gasteiger partial charge in [0.2, 0.25) is 5.91 Å². The Morgan fingerprint density at radius 1 is 1.24 bits per heavy atom. The number of halogens is 1. The van der Waals surface area contributed by atoms with Crippen molar-refractivity contribution < 1.29 is 9.18 Å². The molecule has 1 amide bonds. The van der Waals surface area contributed by atoms with E-state index in [1.807, 2.05) is 4.90 Å². The van der Waals surface area contributed by atoms with E-state index in [4.69, 9.17) is 0 Å². The number of carbonyl (C=O) groups is 1. The molecule has 2 aliphatic rings. The van der Waals surface area contributed by atoms with Crippen molar-refractivity contribution >= 4 is 12.0 Å². The van der Waals surface area contributed by atoms with E-state index in [0.717, 1.165) is 37.9 Å². The number of benzene rings is 1. The predicted molar refractivity (Wildman–Crippen MR) is 81.2 cm³/mol. The summed E-state index contributed by atoms with van der Waals surface area (Å²) in [6.45, 7) is 1.91. The van der Waals surface area contributed by atoms with Crippen molar-refractivity contribution in [2.24, 2.45) is 0 Å². The van der Waals surface area contributed by atoms with Crippen molar-refractivity contribution in [3.63, 3.8) is 0 Å². The van der Waals surface area contributed by atoms with E-state index >= 15 is 0 Å². The van der Waals surface area contributed by atoms with E-state index in [0.29, 0.717) is 12.1 Å². The molecule has 2 atom stereocenters. The second kappa shape index (κ2) is 6.39. The van der Waals surface area contributed by atoms with Gasteiger partial charge in [0.1, 0.15) is 5.82 Å². The molecular weight excluding hydrogens is 267 g/mol. The Bertz CT molecular complexity index is 520. The number of nitrogens with zero attached hydrogens (tertiary/aromatic N) is 1. The zero-order valence-corrected chi connectivity index (χ0v) is 12.1. The van der Waals surface area contributed by atoms with Crippen molar-refractivity contribution in [1.29, 1.82) is 0 Å². The maximum absolute atomic E-state index is 12.8. The fourth-order valence-electron chi connectivity index (χ4n) is 3.36. The molecule has 2 fully saturated rings. The van der Waals surface area contributed by atoms with Crippen LogP contribution in [0.4, 0.5) is 4.39 Å². The van der Waals surface area contributed by atoms with Gasteiger partial charge in [-0.3, -0.25) is 4.79 Å². The SMILES string of the molecule is O=C(C=Cc1ccc(F)cc1)N1CCCC1C1CCCN1. The molecule has 3 rings (SSSR count). The molecule has 2 saturated heterocycles. The van der Waals surface area contributed by atoms with Gasteiger partial charge >= 0.3 is 0 Å². The second-order valence-corrected chi connectivity index (χ2v) is 5.83. The Balaban J connectivity index is 1.65. The van der Waals surface area contributed by atoms with Gasteiger partial charge in [0.25, 0.3) is 0 Å². The highest BCUT2D eigenvalue weighted by Crippen LogP contribution is 2.25. The zero-order chi connectivity index (χ0) is 14.7. The Morgan fingerprint density at radius 2 is 2.05 bits per heavy atom. The summed E-state index contributed by atoms with van der Waals surface area (Å²) >= 11 is 0. The average molecular weight is 288 g/mol.